The van der Waals surface area contributed by atoms with Crippen LogP contribution in [0.4, 0.5) is 13.2 Å². The molecule has 0 aliphatic carbocycles. The number of furan rings is 1. The van der Waals surface area contributed by atoms with E-state index in [9.17, 15) is 18.0 Å². The van der Waals surface area contributed by atoms with Gasteiger partial charge in [0.25, 0.3) is 0 Å². The first-order valence-electron chi connectivity index (χ1n) is 7.75. The maximum atomic E-state index is 12.7. The topological polar surface area (TPSA) is 55.1 Å². The molecule has 4 nitrogen and oxygen atoms in total. The molecule has 3 aromatic rings. The lowest BCUT2D eigenvalue weighted by Crippen LogP contribution is -2.24. The molecule has 0 bridgehead atoms. The van der Waals surface area contributed by atoms with Crippen molar-refractivity contribution >= 4 is 17.2 Å². The van der Waals surface area contributed by atoms with Crippen LogP contribution in [0.25, 0.3) is 10.8 Å². The molecule has 2 heterocycles. The molecule has 136 valence electrons. The summed E-state index contributed by atoms with van der Waals surface area (Å²) >= 11 is 1.37. The molecule has 0 aliphatic heterocycles. The van der Waals surface area contributed by atoms with E-state index < -0.39 is 11.7 Å². The van der Waals surface area contributed by atoms with E-state index in [0.717, 1.165) is 17.9 Å². The molecule has 3 rings (SSSR count). The zero-order chi connectivity index (χ0) is 18.7. The Labute approximate surface area is 151 Å². The number of hydrogen-bond acceptors (Lipinski definition) is 4. The van der Waals surface area contributed by atoms with Crippen molar-refractivity contribution in [3.8, 4) is 10.8 Å². The number of hydrogen-bond donors (Lipinski definition) is 1. The van der Waals surface area contributed by atoms with Crippen molar-refractivity contribution in [3.05, 3.63) is 64.4 Å². The number of amides is 1. The monoisotopic (exact) mass is 380 g/mol. The minimum atomic E-state index is -4.40. The molecule has 0 fully saturated rings. The van der Waals surface area contributed by atoms with Gasteiger partial charge in [0.15, 0.2) is 10.8 Å². The van der Waals surface area contributed by atoms with Gasteiger partial charge in [-0.1, -0.05) is 12.1 Å². The molecule has 0 atom stereocenters. The van der Waals surface area contributed by atoms with E-state index in [1.54, 1.807) is 5.38 Å². The number of aryl methyl sites for hydroxylation is 1. The molecule has 2 aromatic heterocycles. The average Bonchev–Trinajstić information content (AvgIpc) is 3.21. The number of nitrogens with one attached hydrogen (secondary N) is 1. The fraction of sp³-hybridized carbons (Fsp3) is 0.222. The molecule has 0 saturated heterocycles. The van der Waals surface area contributed by atoms with Gasteiger partial charge in [-0.3, -0.25) is 4.79 Å². The Hall–Kier alpha value is -2.61. The quantitative estimate of drug-likeness (QED) is 0.704. The van der Waals surface area contributed by atoms with Crippen LogP contribution in [0.1, 0.15) is 22.6 Å². The average molecular weight is 380 g/mol. The molecule has 8 heteroatoms. The van der Waals surface area contributed by atoms with Gasteiger partial charge in [0, 0.05) is 11.9 Å². The maximum Gasteiger partial charge on any atom is 0.416 e. The maximum absolute atomic E-state index is 12.7. The van der Waals surface area contributed by atoms with Gasteiger partial charge in [-0.15, -0.1) is 11.3 Å². The second kappa shape index (κ2) is 7.33. The molecule has 0 aliphatic rings. The highest BCUT2D eigenvalue weighted by atomic mass is 32.1. The number of rotatable bonds is 5. The normalized spacial score (nSPS) is 11.5. The summed E-state index contributed by atoms with van der Waals surface area (Å²) in [7, 11) is 0. The highest BCUT2D eigenvalue weighted by Crippen LogP contribution is 2.29. The zero-order valence-electron chi connectivity index (χ0n) is 13.8. The Morgan fingerprint density at radius 2 is 2.08 bits per heavy atom. The lowest BCUT2D eigenvalue weighted by atomic mass is 10.1. The Bertz CT molecular complexity index is 915. The van der Waals surface area contributed by atoms with E-state index in [0.29, 0.717) is 22.0 Å². The van der Waals surface area contributed by atoms with Crippen molar-refractivity contribution in [1.82, 2.24) is 10.3 Å². The van der Waals surface area contributed by atoms with Gasteiger partial charge in [0.2, 0.25) is 5.91 Å². The van der Waals surface area contributed by atoms with E-state index in [1.807, 2.05) is 19.1 Å². The second-order valence-corrected chi connectivity index (χ2v) is 6.56. The van der Waals surface area contributed by atoms with E-state index in [-0.39, 0.29) is 18.9 Å². The summed E-state index contributed by atoms with van der Waals surface area (Å²) in [6.45, 7) is 1.86. The standard InChI is InChI=1S/C18H15F3N2O2S/c1-11-5-6-15(25-11)17-23-14(10-26-17)8-16(24)22-9-12-3-2-4-13(7-12)18(19,20)21/h2-7,10H,8-9H2,1H3,(H,22,24). The number of aromatic nitrogens is 1. The number of alkyl halides is 3. The minimum absolute atomic E-state index is 0.0249. The Morgan fingerprint density at radius 3 is 2.77 bits per heavy atom. The smallest absolute Gasteiger partial charge is 0.416 e. The number of halogens is 3. The van der Waals surface area contributed by atoms with Crippen LogP contribution in [0.2, 0.25) is 0 Å². The number of carbonyl (C=O) groups excluding carboxylic acids is 1. The van der Waals surface area contributed by atoms with Crippen LogP contribution >= 0.6 is 11.3 Å². The predicted octanol–water partition coefficient (Wildman–Crippen LogP) is 4.59. The summed E-state index contributed by atoms with van der Waals surface area (Å²) in [6, 6.07) is 8.53. The molecule has 0 spiro atoms. The highest BCUT2D eigenvalue weighted by Gasteiger charge is 2.30. The Kier molecular flexibility index (Phi) is 5.13. The van der Waals surface area contributed by atoms with Crippen molar-refractivity contribution in [3.63, 3.8) is 0 Å². The zero-order valence-corrected chi connectivity index (χ0v) is 14.6. The van der Waals surface area contributed by atoms with Crippen LogP contribution in [0, 0.1) is 6.92 Å². The first kappa shape index (κ1) is 18.2. The second-order valence-electron chi connectivity index (χ2n) is 5.71. The third-order valence-corrected chi connectivity index (χ3v) is 4.49. The number of carbonyl (C=O) groups is 1. The fourth-order valence-electron chi connectivity index (χ4n) is 2.34. The summed E-state index contributed by atoms with van der Waals surface area (Å²) < 4.78 is 43.6. The van der Waals surface area contributed by atoms with Crippen LogP contribution < -0.4 is 5.32 Å². The van der Waals surface area contributed by atoms with Crippen LogP contribution in [0.15, 0.2) is 46.2 Å². The largest absolute Gasteiger partial charge is 0.459 e. The molecule has 26 heavy (non-hydrogen) atoms. The summed E-state index contributed by atoms with van der Waals surface area (Å²) in [5.41, 5.74) is 0.237. The molecule has 0 radical (unpaired) electrons. The molecular weight excluding hydrogens is 365 g/mol. The Balaban J connectivity index is 1.57. The van der Waals surface area contributed by atoms with Crippen LogP contribution in [-0.4, -0.2) is 10.9 Å². The molecular formula is C18H15F3N2O2S. The van der Waals surface area contributed by atoms with Crippen molar-refractivity contribution in [1.29, 1.82) is 0 Å². The van der Waals surface area contributed by atoms with Gasteiger partial charge >= 0.3 is 6.18 Å². The van der Waals surface area contributed by atoms with Crippen molar-refractivity contribution in [2.24, 2.45) is 0 Å². The van der Waals surface area contributed by atoms with Crippen LogP contribution in [0.5, 0.6) is 0 Å². The fourth-order valence-corrected chi connectivity index (χ4v) is 3.12. The van der Waals surface area contributed by atoms with Crippen LogP contribution in [0.3, 0.4) is 0 Å². The molecule has 0 saturated carbocycles. The van der Waals surface area contributed by atoms with Gasteiger partial charge in [-0.05, 0) is 36.8 Å². The lowest BCUT2D eigenvalue weighted by Gasteiger charge is -2.09. The van der Waals surface area contributed by atoms with E-state index in [2.05, 4.69) is 10.3 Å². The lowest BCUT2D eigenvalue weighted by molar-refractivity contribution is -0.137. The summed E-state index contributed by atoms with van der Waals surface area (Å²) in [5.74, 6) is 1.11. The third kappa shape index (κ3) is 4.51. The van der Waals surface area contributed by atoms with E-state index in [1.165, 1.54) is 23.5 Å². The highest BCUT2D eigenvalue weighted by molar-refractivity contribution is 7.13. The van der Waals surface area contributed by atoms with Crippen molar-refractivity contribution in [2.45, 2.75) is 26.1 Å². The summed E-state index contributed by atoms with van der Waals surface area (Å²) in [6.07, 6.45) is -4.35. The van der Waals surface area contributed by atoms with Gasteiger partial charge < -0.3 is 9.73 Å². The molecule has 1 aromatic carbocycles. The Morgan fingerprint density at radius 1 is 1.27 bits per heavy atom. The van der Waals surface area contributed by atoms with E-state index in [4.69, 9.17) is 4.42 Å². The van der Waals surface area contributed by atoms with Crippen molar-refractivity contribution < 1.29 is 22.4 Å². The van der Waals surface area contributed by atoms with Crippen LogP contribution in [-0.2, 0) is 23.9 Å². The van der Waals surface area contributed by atoms with Gasteiger partial charge in [-0.2, -0.15) is 13.2 Å². The summed E-state index contributed by atoms with van der Waals surface area (Å²) in [4.78, 5) is 16.4. The number of benzene rings is 1. The number of thiazole rings is 1. The number of nitrogens with zero attached hydrogens (tertiary/aromatic N) is 1. The van der Waals surface area contributed by atoms with Gasteiger partial charge in [-0.25, -0.2) is 4.98 Å². The molecule has 1 N–H and O–H groups in total. The van der Waals surface area contributed by atoms with Gasteiger partial charge in [0.05, 0.1) is 17.7 Å². The first-order valence-corrected chi connectivity index (χ1v) is 8.63. The first-order chi connectivity index (χ1) is 12.3. The summed E-state index contributed by atoms with van der Waals surface area (Å²) in [5, 5.41) is 5.05. The third-order valence-electron chi connectivity index (χ3n) is 3.59. The van der Waals surface area contributed by atoms with Crippen molar-refractivity contribution in [2.75, 3.05) is 0 Å². The van der Waals surface area contributed by atoms with E-state index >= 15 is 0 Å². The predicted molar refractivity (Wildman–Crippen MR) is 91.5 cm³/mol. The minimum Gasteiger partial charge on any atom is -0.459 e. The SMILES string of the molecule is Cc1ccc(-c2nc(CC(=O)NCc3cccc(C(F)(F)F)c3)cs2)o1. The molecule has 1 amide bonds. The molecule has 0 unspecified atom stereocenters. The van der Waals surface area contributed by atoms with Gasteiger partial charge in [0.1, 0.15) is 5.76 Å².